The first-order valence-corrected chi connectivity index (χ1v) is 15.7. The number of hydrogen-bond acceptors (Lipinski definition) is 6. The van der Waals surface area contributed by atoms with Crippen molar-refractivity contribution in [2.45, 2.75) is 160 Å². The summed E-state index contributed by atoms with van der Waals surface area (Å²) >= 11 is 0. The summed E-state index contributed by atoms with van der Waals surface area (Å²) in [6, 6.07) is 0. The highest BCUT2D eigenvalue weighted by Gasteiger charge is 2.40. The molecule has 1 aliphatic rings. The molecule has 1 saturated heterocycles. The molecule has 2 unspecified atom stereocenters. The summed E-state index contributed by atoms with van der Waals surface area (Å²) < 4.78 is 23.2. The number of aliphatic hydroxyl groups excluding tert-OH is 1. The largest absolute Gasteiger partial charge is 0.466 e. The lowest BCUT2D eigenvalue weighted by Gasteiger charge is -2.28. The highest BCUT2D eigenvalue weighted by atomic mass is 16.7. The molecule has 0 spiro atoms. The molecule has 6 heteroatoms. The van der Waals surface area contributed by atoms with E-state index in [2.05, 4.69) is 6.92 Å². The molecule has 220 valence electrons. The van der Waals surface area contributed by atoms with Crippen LogP contribution in [0.4, 0.5) is 0 Å². The summed E-state index contributed by atoms with van der Waals surface area (Å²) in [7, 11) is 1.76. The van der Waals surface area contributed by atoms with Gasteiger partial charge in [0.05, 0.1) is 19.3 Å². The third-order valence-corrected chi connectivity index (χ3v) is 7.45. The zero-order valence-electron chi connectivity index (χ0n) is 24.5. The van der Waals surface area contributed by atoms with E-state index in [4.69, 9.17) is 24.1 Å². The van der Waals surface area contributed by atoms with Gasteiger partial charge in [0.2, 0.25) is 0 Å². The van der Waals surface area contributed by atoms with E-state index >= 15 is 0 Å². The predicted molar refractivity (Wildman–Crippen MR) is 151 cm³/mol. The van der Waals surface area contributed by atoms with Gasteiger partial charge in [-0.3, -0.25) is 4.79 Å². The lowest BCUT2D eigenvalue weighted by atomic mass is 9.99. The van der Waals surface area contributed by atoms with Gasteiger partial charge in [-0.15, -0.1) is 0 Å². The van der Waals surface area contributed by atoms with Crippen LogP contribution in [0.1, 0.15) is 148 Å². The van der Waals surface area contributed by atoms with Crippen LogP contribution in [0, 0.1) is 0 Å². The Bertz CT molecular complexity index is 514. The summed E-state index contributed by atoms with van der Waals surface area (Å²) in [4.78, 5) is 11.9. The quantitative estimate of drug-likeness (QED) is 0.0863. The SMILES string of the molecule is CCCCCCCCCC(=O)OCCCCCCCC1(CCCCCCCOC)OCC(CCCO)O1. The molecular weight excluding hydrogens is 468 g/mol. The van der Waals surface area contributed by atoms with E-state index in [0.717, 1.165) is 90.1 Å². The Morgan fingerprint density at radius 3 is 1.97 bits per heavy atom. The first kappa shape index (κ1) is 34.3. The standard InChI is InChI=1S/C31H60O6/c1-3-4-5-6-7-10-15-22-30(33)35-27-19-14-9-12-17-24-31(23-16-11-8-13-18-26-34-2)36-28-29(37-31)21-20-25-32/h29,32H,3-28H2,1-2H3. The first-order chi connectivity index (χ1) is 18.2. The molecule has 37 heavy (non-hydrogen) atoms. The van der Waals surface area contributed by atoms with Crippen molar-refractivity contribution in [2.24, 2.45) is 0 Å². The molecule has 1 heterocycles. The van der Waals surface area contributed by atoms with E-state index in [0.29, 0.717) is 19.6 Å². The first-order valence-electron chi connectivity index (χ1n) is 15.7. The minimum atomic E-state index is -0.432. The molecule has 1 N–H and O–H groups in total. The second kappa shape index (κ2) is 24.4. The lowest BCUT2D eigenvalue weighted by Crippen LogP contribution is -2.31. The molecular formula is C31H60O6. The fourth-order valence-electron chi connectivity index (χ4n) is 5.15. The van der Waals surface area contributed by atoms with Crippen molar-refractivity contribution in [1.29, 1.82) is 0 Å². The number of rotatable bonds is 27. The molecule has 0 aromatic rings. The van der Waals surface area contributed by atoms with Crippen LogP contribution < -0.4 is 0 Å². The van der Waals surface area contributed by atoms with Crippen LogP contribution in [-0.4, -0.2) is 56.5 Å². The summed E-state index contributed by atoms with van der Waals surface area (Å²) in [6.45, 7) is 4.51. The zero-order valence-corrected chi connectivity index (χ0v) is 24.5. The highest BCUT2D eigenvalue weighted by Crippen LogP contribution is 2.35. The van der Waals surface area contributed by atoms with Crippen molar-refractivity contribution in [3.8, 4) is 0 Å². The molecule has 0 aromatic heterocycles. The van der Waals surface area contributed by atoms with Gasteiger partial charge in [0.25, 0.3) is 0 Å². The highest BCUT2D eigenvalue weighted by molar-refractivity contribution is 5.69. The third kappa shape index (κ3) is 19.1. The lowest BCUT2D eigenvalue weighted by molar-refractivity contribution is -0.180. The Balaban J connectivity index is 2.11. The Labute approximate surface area is 228 Å². The maximum atomic E-state index is 11.9. The van der Waals surface area contributed by atoms with Gasteiger partial charge >= 0.3 is 5.97 Å². The van der Waals surface area contributed by atoms with Gasteiger partial charge in [-0.05, 0) is 44.9 Å². The molecule has 0 saturated carbocycles. The normalized spacial score (nSPS) is 19.5. The van der Waals surface area contributed by atoms with Gasteiger partial charge < -0.3 is 24.1 Å². The molecule has 1 fully saturated rings. The summed E-state index contributed by atoms with van der Waals surface area (Å²) in [5, 5.41) is 9.16. The summed E-state index contributed by atoms with van der Waals surface area (Å²) in [6.07, 6.45) is 24.2. The Hall–Kier alpha value is -0.690. The van der Waals surface area contributed by atoms with E-state index < -0.39 is 5.79 Å². The van der Waals surface area contributed by atoms with E-state index in [9.17, 15) is 4.79 Å². The van der Waals surface area contributed by atoms with E-state index in [1.165, 1.54) is 51.4 Å². The van der Waals surface area contributed by atoms with Crippen molar-refractivity contribution < 1.29 is 28.8 Å². The number of esters is 1. The number of methoxy groups -OCH3 is 1. The number of carbonyl (C=O) groups is 1. The monoisotopic (exact) mass is 528 g/mol. The molecule has 0 amide bonds. The second-order valence-electron chi connectivity index (χ2n) is 10.9. The van der Waals surface area contributed by atoms with Gasteiger partial charge in [0.15, 0.2) is 5.79 Å². The van der Waals surface area contributed by atoms with Gasteiger partial charge in [0.1, 0.15) is 0 Å². The fraction of sp³-hybridized carbons (Fsp3) is 0.968. The maximum absolute atomic E-state index is 11.9. The topological polar surface area (TPSA) is 74.2 Å². The average Bonchev–Trinajstić information content (AvgIpc) is 3.31. The Kier molecular flexibility index (Phi) is 22.6. The third-order valence-electron chi connectivity index (χ3n) is 7.45. The summed E-state index contributed by atoms with van der Waals surface area (Å²) in [5.41, 5.74) is 0. The van der Waals surface area contributed by atoms with Crippen molar-refractivity contribution in [2.75, 3.05) is 33.5 Å². The molecule has 0 radical (unpaired) electrons. The number of hydrogen-bond donors (Lipinski definition) is 1. The Morgan fingerprint density at radius 2 is 1.35 bits per heavy atom. The fourth-order valence-corrected chi connectivity index (χ4v) is 5.15. The van der Waals surface area contributed by atoms with Crippen LogP contribution in [0.25, 0.3) is 0 Å². The molecule has 0 aromatic carbocycles. The van der Waals surface area contributed by atoms with Crippen molar-refractivity contribution in [3.63, 3.8) is 0 Å². The second-order valence-corrected chi connectivity index (χ2v) is 10.9. The number of unbranched alkanes of at least 4 members (excludes halogenated alkanes) is 14. The number of aliphatic hydroxyl groups is 1. The van der Waals surface area contributed by atoms with Gasteiger partial charge in [-0.1, -0.05) is 84.0 Å². The number of ether oxygens (including phenoxy) is 4. The van der Waals surface area contributed by atoms with Gasteiger partial charge in [-0.2, -0.15) is 0 Å². The molecule has 1 aliphatic heterocycles. The van der Waals surface area contributed by atoms with E-state index in [1.54, 1.807) is 7.11 Å². The van der Waals surface area contributed by atoms with Crippen LogP contribution in [0.2, 0.25) is 0 Å². The van der Waals surface area contributed by atoms with E-state index in [1.807, 2.05) is 0 Å². The molecule has 0 bridgehead atoms. The molecule has 1 rings (SSSR count). The minimum Gasteiger partial charge on any atom is -0.466 e. The van der Waals surface area contributed by atoms with Crippen LogP contribution in [-0.2, 0) is 23.7 Å². The Morgan fingerprint density at radius 1 is 0.784 bits per heavy atom. The van der Waals surface area contributed by atoms with Crippen molar-refractivity contribution >= 4 is 5.97 Å². The van der Waals surface area contributed by atoms with Crippen molar-refractivity contribution in [1.82, 2.24) is 0 Å². The summed E-state index contributed by atoms with van der Waals surface area (Å²) in [5.74, 6) is -0.460. The van der Waals surface area contributed by atoms with Gasteiger partial charge in [-0.25, -0.2) is 0 Å². The van der Waals surface area contributed by atoms with Gasteiger partial charge in [0, 0.05) is 39.6 Å². The minimum absolute atomic E-state index is 0.0273. The average molecular weight is 529 g/mol. The maximum Gasteiger partial charge on any atom is 0.305 e. The zero-order chi connectivity index (χ0) is 26.9. The molecule has 0 aliphatic carbocycles. The van der Waals surface area contributed by atoms with Crippen LogP contribution in [0.5, 0.6) is 0 Å². The van der Waals surface area contributed by atoms with E-state index in [-0.39, 0.29) is 18.7 Å². The van der Waals surface area contributed by atoms with Crippen molar-refractivity contribution in [3.05, 3.63) is 0 Å². The van der Waals surface area contributed by atoms with Crippen LogP contribution >= 0.6 is 0 Å². The molecule has 2 atom stereocenters. The predicted octanol–water partition coefficient (Wildman–Crippen LogP) is 7.88. The van der Waals surface area contributed by atoms with Crippen LogP contribution in [0.15, 0.2) is 0 Å². The number of carbonyl (C=O) groups excluding carboxylic acids is 1. The van der Waals surface area contributed by atoms with Crippen LogP contribution in [0.3, 0.4) is 0 Å². The smallest absolute Gasteiger partial charge is 0.305 e. The molecule has 6 nitrogen and oxygen atoms in total.